The van der Waals surface area contributed by atoms with Crippen molar-refractivity contribution in [2.75, 3.05) is 12.5 Å². The van der Waals surface area contributed by atoms with Crippen LogP contribution in [-0.4, -0.2) is 23.5 Å². The third kappa shape index (κ3) is 1.92. The first-order valence-electron chi connectivity index (χ1n) is 2.36. The molecule has 1 aliphatic rings. The van der Waals surface area contributed by atoms with Crippen LogP contribution in [-0.2, 0) is 13.6 Å². The molecule has 0 saturated carbocycles. The Morgan fingerprint density at radius 1 is 1.89 bits per heavy atom. The summed E-state index contributed by atoms with van der Waals surface area (Å²) in [6.07, 6.45) is -0.428. The highest BCUT2D eigenvalue weighted by Gasteiger charge is 2.34. The smallest absolute Gasteiger partial charge is 0.302 e. The highest BCUT2D eigenvalue weighted by atomic mass is 35.5. The van der Waals surface area contributed by atoms with Crippen molar-refractivity contribution in [1.82, 2.24) is 0 Å². The van der Waals surface area contributed by atoms with Crippen LogP contribution >= 0.6 is 19.4 Å². The summed E-state index contributed by atoms with van der Waals surface area (Å²) in [6, 6.07) is 0. The summed E-state index contributed by atoms with van der Waals surface area (Å²) in [5.41, 5.74) is 0. The van der Waals surface area contributed by atoms with Crippen molar-refractivity contribution in [2.24, 2.45) is 0 Å². The molecule has 0 aliphatic carbocycles. The van der Waals surface area contributed by atoms with E-state index in [1.54, 1.807) is 0 Å². The molecule has 4 nitrogen and oxygen atoms in total. The van der Waals surface area contributed by atoms with Gasteiger partial charge in [0.1, 0.15) is 6.10 Å². The van der Waals surface area contributed by atoms with Crippen LogP contribution in [0.3, 0.4) is 0 Å². The van der Waals surface area contributed by atoms with E-state index in [1.165, 1.54) is 0 Å². The zero-order valence-electron chi connectivity index (χ0n) is 4.49. The maximum atomic E-state index is 10.4. The second kappa shape index (κ2) is 2.56. The average Bonchev–Trinajstić information content (AvgIpc) is 2.10. The molecular weight excluding hydrogens is 166 g/mol. The van der Waals surface area contributed by atoms with Crippen LogP contribution in [0.25, 0.3) is 0 Å². The Labute approximate surface area is 57.3 Å². The summed E-state index contributed by atoms with van der Waals surface area (Å²) in [7, 11) is -3.70. The van der Waals surface area contributed by atoms with E-state index >= 15 is 0 Å². The molecule has 0 aromatic rings. The van der Waals surface area contributed by atoms with Crippen molar-refractivity contribution in [1.29, 1.82) is 0 Å². The second-order valence-corrected chi connectivity index (χ2v) is 3.36. The van der Waals surface area contributed by atoms with Gasteiger partial charge in [-0.2, -0.15) is 0 Å². The minimum absolute atomic E-state index is 0.108. The molecule has 6 heteroatoms. The number of halogens is 1. The molecule has 0 aromatic carbocycles. The quantitative estimate of drug-likeness (QED) is 0.468. The Morgan fingerprint density at radius 2 is 2.56 bits per heavy atom. The maximum Gasteiger partial charge on any atom is 0.472 e. The van der Waals surface area contributed by atoms with E-state index in [4.69, 9.17) is 16.5 Å². The van der Waals surface area contributed by atoms with Crippen LogP contribution in [0.2, 0.25) is 0 Å². The Morgan fingerprint density at radius 3 is 2.78 bits per heavy atom. The standard InChI is InChI=1S/C3H6ClO4P/c4-1-3-2-7-9(5,6)8-3/h3H,1-2H2,(H,5,6). The van der Waals surface area contributed by atoms with E-state index in [-0.39, 0.29) is 12.5 Å². The zero-order valence-corrected chi connectivity index (χ0v) is 6.14. The van der Waals surface area contributed by atoms with Gasteiger partial charge in [0.2, 0.25) is 0 Å². The van der Waals surface area contributed by atoms with Crippen molar-refractivity contribution in [3.8, 4) is 0 Å². The molecule has 2 atom stereocenters. The summed E-state index contributed by atoms with van der Waals surface area (Å²) in [6.45, 7) is 0.108. The molecule has 0 aromatic heterocycles. The topological polar surface area (TPSA) is 55.8 Å². The van der Waals surface area contributed by atoms with Crippen molar-refractivity contribution >= 4 is 19.4 Å². The molecule has 54 valence electrons. The SMILES string of the molecule is O=P1(O)OCC(CCl)O1. The molecule has 1 fully saturated rings. The van der Waals surface area contributed by atoms with E-state index in [0.717, 1.165) is 0 Å². The van der Waals surface area contributed by atoms with Crippen LogP contribution in [0, 0.1) is 0 Å². The molecular formula is C3H6ClO4P. The van der Waals surface area contributed by atoms with Gasteiger partial charge in [-0.1, -0.05) is 0 Å². The fourth-order valence-corrected chi connectivity index (χ4v) is 1.67. The monoisotopic (exact) mass is 172 g/mol. The Hall–Kier alpha value is 0.400. The number of alkyl halides is 1. The lowest BCUT2D eigenvalue weighted by atomic mass is 10.5. The van der Waals surface area contributed by atoms with Gasteiger partial charge in [-0.05, 0) is 0 Å². The van der Waals surface area contributed by atoms with Gasteiger partial charge < -0.3 is 4.89 Å². The fourth-order valence-electron chi connectivity index (χ4n) is 0.499. The molecule has 1 aliphatic heterocycles. The van der Waals surface area contributed by atoms with E-state index in [9.17, 15) is 4.57 Å². The van der Waals surface area contributed by atoms with Gasteiger partial charge in [0.05, 0.1) is 12.5 Å². The van der Waals surface area contributed by atoms with Crippen LogP contribution in [0.15, 0.2) is 0 Å². The largest absolute Gasteiger partial charge is 0.472 e. The van der Waals surface area contributed by atoms with E-state index in [0.29, 0.717) is 0 Å². The fraction of sp³-hybridized carbons (Fsp3) is 1.00. The first-order valence-corrected chi connectivity index (χ1v) is 4.39. The lowest BCUT2D eigenvalue weighted by Crippen LogP contribution is -2.09. The Kier molecular flexibility index (Phi) is 2.14. The van der Waals surface area contributed by atoms with Gasteiger partial charge >= 0.3 is 7.82 Å². The van der Waals surface area contributed by atoms with Gasteiger partial charge in [-0.15, -0.1) is 11.6 Å². The minimum atomic E-state index is -3.70. The molecule has 9 heavy (non-hydrogen) atoms. The van der Waals surface area contributed by atoms with Gasteiger partial charge in [0.25, 0.3) is 0 Å². The molecule has 0 bridgehead atoms. The molecule has 0 spiro atoms. The van der Waals surface area contributed by atoms with E-state index in [2.05, 4.69) is 9.05 Å². The van der Waals surface area contributed by atoms with E-state index in [1.807, 2.05) is 0 Å². The predicted molar refractivity (Wildman–Crippen MR) is 31.4 cm³/mol. The first-order chi connectivity index (χ1) is 4.14. The number of phosphoric ester groups is 1. The lowest BCUT2D eigenvalue weighted by Gasteiger charge is -1.99. The first kappa shape index (κ1) is 7.51. The van der Waals surface area contributed by atoms with Crippen LogP contribution < -0.4 is 0 Å². The lowest BCUT2D eigenvalue weighted by molar-refractivity contribution is 0.232. The number of hydrogen-bond donors (Lipinski definition) is 1. The second-order valence-electron chi connectivity index (χ2n) is 1.65. The molecule has 2 unspecified atom stereocenters. The third-order valence-electron chi connectivity index (χ3n) is 0.878. The van der Waals surface area contributed by atoms with Crippen molar-refractivity contribution in [3.05, 3.63) is 0 Å². The van der Waals surface area contributed by atoms with Gasteiger partial charge in [-0.3, -0.25) is 9.05 Å². The van der Waals surface area contributed by atoms with Gasteiger partial charge in [0.15, 0.2) is 0 Å². The van der Waals surface area contributed by atoms with Crippen LogP contribution in [0.5, 0.6) is 0 Å². The molecule has 0 amide bonds. The van der Waals surface area contributed by atoms with Crippen molar-refractivity contribution < 1.29 is 18.5 Å². The van der Waals surface area contributed by atoms with Crippen LogP contribution in [0.1, 0.15) is 0 Å². The molecule has 1 rings (SSSR count). The van der Waals surface area contributed by atoms with Crippen molar-refractivity contribution in [2.45, 2.75) is 6.10 Å². The highest BCUT2D eigenvalue weighted by Crippen LogP contribution is 2.49. The van der Waals surface area contributed by atoms with E-state index < -0.39 is 13.9 Å². The van der Waals surface area contributed by atoms with Gasteiger partial charge in [0, 0.05) is 0 Å². The molecule has 1 saturated heterocycles. The minimum Gasteiger partial charge on any atom is -0.302 e. The molecule has 1 heterocycles. The summed E-state index contributed by atoms with van der Waals surface area (Å²) < 4.78 is 19.2. The summed E-state index contributed by atoms with van der Waals surface area (Å²) in [5, 5.41) is 0. The van der Waals surface area contributed by atoms with Gasteiger partial charge in [-0.25, -0.2) is 4.57 Å². The predicted octanol–water partition coefficient (Wildman–Crippen LogP) is 0.741. The van der Waals surface area contributed by atoms with Crippen molar-refractivity contribution in [3.63, 3.8) is 0 Å². The average molecular weight is 173 g/mol. The number of hydrogen-bond acceptors (Lipinski definition) is 3. The summed E-state index contributed by atoms with van der Waals surface area (Å²) >= 11 is 5.30. The number of rotatable bonds is 1. The van der Waals surface area contributed by atoms with Crippen LogP contribution in [0.4, 0.5) is 0 Å². The zero-order chi connectivity index (χ0) is 6.91. The highest BCUT2D eigenvalue weighted by molar-refractivity contribution is 7.47. The summed E-state index contributed by atoms with van der Waals surface area (Å²) in [5.74, 6) is 0.185. The maximum absolute atomic E-state index is 10.4. The summed E-state index contributed by atoms with van der Waals surface area (Å²) in [4.78, 5) is 8.55. The third-order valence-corrected chi connectivity index (χ3v) is 2.26. The molecule has 1 N–H and O–H groups in total. The Bertz CT molecular complexity index is 149. The Balaban J connectivity index is 2.47. The normalized spacial score (nSPS) is 43.6. The number of phosphoric acid groups is 1. The molecule has 0 radical (unpaired) electrons.